The Bertz CT molecular complexity index is 896. The number of benzene rings is 2. The lowest BCUT2D eigenvalue weighted by Gasteiger charge is -2.09. The van der Waals surface area contributed by atoms with E-state index in [1.54, 1.807) is 42.5 Å². The molecule has 2 aromatic carbocycles. The van der Waals surface area contributed by atoms with Gasteiger partial charge in [-0.15, -0.1) is 0 Å². The van der Waals surface area contributed by atoms with E-state index in [4.69, 9.17) is 20.9 Å². The average Bonchev–Trinajstić information content (AvgIpc) is 2.55. The molecular formula is C16H14N4O3. The molecular weight excluding hydrogens is 296 g/mol. The van der Waals surface area contributed by atoms with Crippen molar-refractivity contribution in [2.75, 3.05) is 18.6 Å². The SMILES string of the molecule is COc1ccccc1OC(=O)c1ccc2nc(N)nc(N)c2c1. The molecule has 0 aliphatic carbocycles. The number of para-hydroxylation sites is 2. The van der Waals surface area contributed by atoms with Gasteiger partial charge in [-0.1, -0.05) is 12.1 Å². The van der Waals surface area contributed by atoms with E-state index in [0.717, 1.165) is 0 Å². The van der Waals surface area contributed by atoms with Crippen molar-refractivity contribution in [3.05, 3.63) is 48.0 Å². The van der Waals surface area contributed by atoms with E-state index >= 15 is 0 Å². The van der Waals surface area contributed by atoms with Gasteiger partial charge in [0.15, 0.2) is 11.5 Å². The second kappa shape index (κ2) is 5.80. The Morgan fingerprint density at radius 2 is 1.78 bits per heavy atom. The molecule has 0 spiro atoms. The molecule has 1 aromatic heterocycles. The zero-order valence-electron chi connectivity index (χ0n) is 12.3. The monoisotopic (exact) mass is 310 g/mol. The Balaban J connectivity index is 1.95. The summed E-state index contributed by atoms with van der Waals surface area (Å²) in [5, 5.41) is 0.536. The molecule has 3 aromatic rings. The first-order valence-corrected chi connectivity index (χ1v) is 6.76. The molecule has 0 amide bonds. The highest BCUT2D eigenvalue weighted by atomic mass is 16.6. The van der Waals surface area contributed by atoms with Gasteiger partial charge in [-0.05, 0) is 30.3 Å². The van der Waals surface area contributed by atoms with Gasteiger partial charge in [-0.3, -0.25) is 0 Å². The van der Waals surface area contributed by atoms with E-state index in [0.29, 0.717) is 28.0 Å². The minimum atomic E-state index is -0.535. The first-order valence-electron chi connectivity index (χ1n) is 6.76. The fraction of sp³-hybridized carbons (Fsp3) is 0.0625. The number of hydrogen-bond donors (Lipinski definition) is 2. The lowest BCUT2D eigenvalue weighted by Crippen LogP contribution is -2.10. The van der Waals surface area contributed by atoms with E-state index in [9.17, 15) is 4.79 Å². The number of esters is 1. The molecule has 0 aliphatic rings. The molecule has 0 aliphatic heterocycles. The maximum atomic E-state index is 12.3. The molecule has 7 heteroatoms. The summed E-state index contributed by atoms with van der Waals surface area (Å²) in [7, 11) is 1.51. The number of carbonyl (C=O) groups is 1. The van der Waals surface area contributed by atoms with Crippen molar-refractivity contribution < 1.29 is 14.3 Å². The molecule has 0 fully saturated rings. The summed E-state index contributed by atoms with van der Waals surface area (Å²) in [5.41, 5.74) is 12.3. The van der Waals surface area contributed by atoms with Crippen LogP contribution in [-0.2, 0) is 0 Å². The van der Waals surface area contributed by atoms with Gasteiger partial charge in [0, 0.05) is 5.39 Å². The van der Waals surface area contributed by atoms with E-state index in [1.807, 2.05) is 0 Å². The predicted molar refractivity (Wildman–Crippen MR) is 86.3 cm³/mol. The number of fused-ring (bicyclic) bond motifs is 1. The topological polar surface area (TPSA) is 113 Å². The number of anilines is 2. The van der Waals surface area contributed by atoms with Crippen LogP contribution in [-0.4, -0.2) is 23.0 Å². The number of methoxy groups -OCH3 is 1. The van der Waals surface area contributed by atoms with Crippen LogP contribution >= 0.6 is 0 Å². The number of nitrogens with zero attached hydrogens (tertiary/aromatic N) is 2. The number of rotatable bonds is 3. The van der Waals surface area contributed by atoms with Crippen LogP contribution in [0.3, 0.4) is 0 Å². The lowest BCUT2D eigenvalue weighted by atomic mass is 10.1. The van der Waals surface area contributed by atoms with Crippen LogP contribution in [0, 0.1) is 0 Å². The largest absolute Gasteiger partial charge is 0.493 e. The summed E-state index contributed by atoms with van der Waals surface area (Å²) in [5.74, 6) is 0.560. The number of carbonyl (C=O) groups excluding carboxylic acids is 1. The summed E-state index contributed by atoms with van der Waals surface area (Å²) >= 11 is 0. The van der Waals surface area contributed by atoms with E-state index in [1.165, 1.54) is 7.11 Å². The first kappa shape index (κ1) is 14.6. The Labute approximate surface area is 131 Å². The molecule has 0 saturated heterocycles. The maximum Gasteiger partial charge on any atom is 0.343 e. The molecule has 7 nitrogen and oxygen atoms in total. The molecule has 0 atom stereocenters. The molecule has 4 N–H and O–H groups in total. The van der Waals surface area contributed by atoms with Crippen molar-refractivity contribution in [3.63, 3.8) is 0 Å². The molecule has 1 heterocycles. The number of nitrogens with two attached hydrogens (primary N) is 2. The number of hydrogen-bond acceptors (Lipinski definition) is 7. The van der Waals surface area contributed by atoms with Gasteiger partial charge in [0.05, 0.1) is 18.2 Å². The molecule has 0 bridgehead atoms. The molecule has 3 rings (SSSR count). The molecule has 0 saturated carbocycles. The Morgan fingerprint density at radius 3 is 2.52 bits per heavy atom. The summed E-state index contributed by atoms with van der Waals surface area (Å²) in [6.45, 7) is 0. The highest BCUT2D eigenvalue weighted by molar-refractivity contribution is 5.98. The van der Waals surface area contributed by atoms with Crippen LogP contribution in [0.5, 0.6) is 11.5 Å². The summed E-state index contributed by atoms with van der Waals surface area (Å²) in [6, 6.07) is 11.7. The van der Waals surface area contributed by atoms with Crippen molar-refractivity contribution in [2.45, 2.75) is 0 Å². The van der Waals surface area contributed by atoms with Gasteiger partial charge in [0.2, 0.25) is 5.95 Å². The fourth-order valence-corrected chi connectivity index (χ4v) is 2.16. The van der Waals surface area contributed by atoms with E-state index in [-0.39, 0.29) is 11.8 Å². The lowest BCUT2D eigenvalue weighted by molar-refractivity contribution is 0.0730. The summed E-state index contributed by atoms with van der Waals surface area (Å²) < 4.78 is 10.5. The number of nitrogen functional groups attached to an aromatic ring is 2. The van der Waals surface area contributed by atoms with Crippen LogP contribution in [0.4, 0.5) is 11.8 Å². The van der Waals surface area contributed by atoms with Crippen LogP contribution in [0.1, 0.15) is 10.4 Å². The molecule has 0 unspecified atom stereocenters. The molecule has 116 valence electrons. The minimum Gasteiger partial charge on any atom is -0.493 e. The van der Waals surface area contributed by atoms with E-state index in [2.05, 4.69) is 9.97 Å². The fourth-order valence-electron chi connectivity index (χ4n) is 2.16. The predicted octanol–water partition coefficient (Wildman–Crippen LogP) is 2.02. The van der Waals surface area contributed by atoms with Gasteiger partial charge in [0.1, 0.15) is 5.82 Å². The third kappa shape index (κ3) is 2.84. The maximum absolute atomic E-state index is 12.3. The normalized spacial score (nSPS) is 10.5. The van der Waals surface area contributed by atoms with E-state index < -0.39 is 5.97 Å². The van der Waals surface area contributed by atoms with Gasteiger partial charge < -0.3 is 20.9 Å². The highest BCUT2D eigenvalue weighted by Gasteiger charge is 2.14. The Kier molecular flexibility index (Phi) is 3.68. The van der Waals surface area contributed by atoms with Crippen molar-refractivity contribution in [3.8, 4) is 11.5 Å². The van der Waals surface area contributed by atoms with Crippen molar-refractivity contribution in [2.24, 2.45) is 0 Å². The first-order chi connectivity index (χ1) is 11.1. The quantitative estimate of drug-likeness (QED) is 0.562. The number of ether oxygens (including phenoxy) is 2. The zero-order chi connectivity index (χ0) is 16.4. The van der Waals surface area contributed by atoms with Crippen molar-refractivity contribution in [1.82, 2.24) is 9.97 Å². The third-order valence-electron chi connectivity index (χ3n) is 3.25. The van der Waals surface area contributed by atoms with Gasteiger partial charge in [-0.25, -0.2) is 9.78 Å². The third-order valence-corrected chi connectivity index (χ3v) is 3.25. The van der Waals surface area contributed by atoms with Crippen LogP contribution in [0.15, 0.2) is 42.5 Å². The van der Waals surface area contributed by atoms with Gasteiger partial charge >= 0.3 is 5.97 Å². The van der Waals surface area contributed by atoms with Gasteiger partial charge in [0.25, 0.3) is 0 Å². The number of aromatic nitrogens is 2. The van der Waals surface area contributed by atoms with Crippen LogP contribution in [0.2, 0.25) is 0 Å². The second-order valence-corrected chi connectivity index (χ2v) is 4.74. The Hall–Kier alpha value is -3.35. The summed E-state index contributed by atoms with van der Waals surface area (Å²) in [4.78, 5) is 20.3. The second-order valence-electron chi connectivity index (χ2n) is 4.74. The van der Waals surface area contributed by atoms with Crippen LogP contribution in [0.25, 0.3) is 10.9 Å². The summed E-state index contributed by atoms with van der Waals surface area (Å²) in [6.07, 6.45) is 0. The van der Waals surface area contributed by atoms with Crippen molar-refractivity contribution >= 4 is 28.6 Å². The van der Waals surface area contributed by atoms with Gasteiger partial charge in [-0.2, -0.15) is 4.98 Å². The van der Waals surface area contributed by atoms with Crippen LogP contribution < -0.4 is 20.9 Å². The van der Waals surface area contributed by atoms with Crippen molar-refractivity contribution in [1.29, 1.82) is 0 Å². The molecule has 23 heavy (non-hydrogen) atoms. The standard InChI is InChI=1S/C16H14N4O3/c1-22-12-4-2-3-5-13(12)23-15(21)9-6-7-11-10(8-9)14(17)20-16(18)19-11/h2-8H,1H3,(H4,17,18,19,20). The minimum absolute atomic E-state index is 0.0827. The zero-order valence-corrected chi connectivity index (χ0v) is 12.3. The Morgan fingerprint density at radius 1 is 1.04 bits per heavy atom. The smallest absolute Gasteiger partial charge is 0.343 e. The average molecular weight is 310 g/mol. The molecule has 0 radical (unpaired) electrons. The highest BCUT2D eigenvalue weighted by Crippen LogP contribution is 2.27.